The van der Waals surface area contributed by atoms with E-state index in [9.17, 15) is 21.6 Å². The number of esters is 1. The minimum atomic E-state index is -4.25. The molecule has 3 rings (SSSR count). The maximum Gasteiger partial charge on any atom is 0.307 e. The Labute approximate surface area is 115 Å². The van der Waals surface area contributed by atoms with Crippen LogP contribution in [0.25, 0.3) is 0 Å². The fraction of sp³-hybridized carbons (Fsp3) is 0.889. The number of hydrogen-bond acceptors (Lipinski definition) is 8. The second-order valence-corrected chi connectivity index (χ2v) is 8.31. The molecular weight excluding hydrogens is 316 g/mol. The van der Waals surface area contributed by atoms with Crippen LogP contribution < -0.4 is 0 Å². The Morgan fingerprint density at radius 1 is 1.35 bits per heavy atom. The summed E-state index contributed by atoms with van der Waals surface area (Å²) in [6, 6.07) is 0. The zero-order valence-electron chi connectivity index (χ0n) is 10.0. The molecule has 0 aliphatic carbocycles. The number of carbonyl (C=O) groups excluding carboxylic acids is 1. The number of carbonyl (C=O) groups is 1. The van der Waals surface area contributed by atoms with Gasteiger partial charge in [0, 0.05) is 0 Å². The zero-order valence-corrected chi connectivity index (χ0v) is 11.7. The van der Waals surface area contributed by atoms with Crippen molar-refractivity contribution in [3.05, 3.63) is 0 Å². The summed E-state index contributed by atoms with van der Waals surface area (Å²) in [6.45, 7) is 0. The van der Waals surface area contributed by atoms with E-state index in [1.54, 1.807) is 0 Å². The van der Waals surface area contributed by atoms with Gasteiger partial charge in [-0.2, -0.15) is 16.8 Å². The highest BCUT2D eigenvalue weighted by atomic mass is 32.2. The molecule has 0 aromatic heterocycles. The fourth-order valence-corrected chi connectivity index (χ4v) is 4.86. The molecule has 9 nitrogen and oxygen atoms in total. The molecule has 11 heteroatoms. The molecule has 1 N–H and O–H groups in total. The summed E-state index contributed by atoms with van der Waals surface area (Å²) in [5, 5.41) is -0.717. The fourth-order valence-electron chi connectivity index (χ4n) is 2.79. The van der Waals surface area contributed by atoms with Gasteiger partial charge in [-0.1, -0.05) is 0 Å². The van der Waals surface area contributed by atoms with Crippen molar-refractivity contribution < 1.29 is 39.8 Å². The first kappa shape index (κ1) is 14.2. The molecule has 0 spiro atoms. The largest absolute Gasteiger partial charge is 0.457 e. The van der Waals surface area contributed by atoms with Crippen LogP contribution in [0.1, 0.15) is 12.8 Å². The molecule has 0 aromatic rings. The SMILES string of the molecule is O=C(CCS(=O)(=O)O)OC1C2CC3C(O2)C1OS3(=O)=O. The van der Waals surface area contributed by atoms with E-state index in [1.807, 2.05) is 0 Å². The lowest BCUT2D eigenvalue weighted by Gasteiger charge is -2.21. The molecule has 3 fully saturated rings. The van der Waals surface area contributed by atoms with Gasteiger partial charge in [0.25, 0.3) is 20.2 Å². The summed E-state index contributed by atoms with van der Waals surface area (Å²) in [7, 11) is -7.94. The summed E-state index contributed by atoms with van der Waals surface area (Å²) in [5.41, 5.74) is 0. The van der Waals surface area contributed by atoms with Gasteiger partial charge in [0.1, 0.15) is 17.5 Å². The maximum absolute atomic E-state index is 11.6. The van der Waals surface area contributed by atoms with E-state index in [0.717, 1.165) is 0 Å². The first-order valence-corrected chi connectivity index (χ1v) is 8.98. The van der Waals surface area contributed by atoms with Crippen LogP contribution in [0, 0.1) is 0 Å². The van der Waals surface area contributed by atoms with Crippen molar-refractivity contribution in [2.75, 3.05) is 5.75 Å². The van der Waals surface area contributed by atoms with Crippen LogP contribution in [0.2, 0.25) is 0 Å². The first-order chi connectivity index (χ1) is 9.17. The molecular formula is C9H12O9S2. The standard InChI is InChI=1S/C9H12O9S2/c10-6(1-2-19(11,12)13)17-7-4-3-5-8(16-4)9(7)18-20(5,14)15/h4-5,7-9H,1-3H2,(H,11,12,13). The van der Waals surface area contributed by atoms with Gasteiger partial charge in [0.05, 0.1) is 18.3 Å². The molecule has 3 heterocycles. The number of rotatable bonds is 4. The predicted octanol–water partition coefficient (Wildman–Crippen LogP) is -1.56. The molecule has 2 bridgehead atoms. The summed E-state index contributed by atoms with van der Waals surface area (Å²) < 4.78 is 68.2. The van der Waals surface area contributed by atoms with Gasteiger partial charge in [0.2, 0.25) is 0 Å². The van der Waals surface area contributed by atoms with E-state index in [-0.39, 0.29) is 6.42 Å². The third-order valence-corrected chi connectivity index (χ3v) is 6.04. The Kier molecular flexibility index (Phi) is 3.10. The van der Waals surface area contributed by atoms with Crippen molar-refractivity contribution in [2.24, 2.45) is 0 Å². The van der Waals surface area contributed by atoms with Gasteiger partial charge in [-0.25, -0.2) is 0 Å². The third-order valence-electron chi connectivity index (χ3n) is 3.62. The first-order valence-electron chi connectivity index (χ1n) is 5.89. The van der Waals surface area contributed by atoms with E-state index < -0.39 is 68.0 Å². The average Bonchev–Trinajstić information content (AvgIpc) is 2.89. The molecule has 5 atom stereocenters. The van der Waals surface area contributed by atoms with Crippen molar-refractivity contribution in [1.29, 1.82) is 0 Å². The normalized spacial score (nSPS) is 41.0. The Morgan fingerprint density at radius 3 is 2.70 bits per heavy atom. The van der Waals surface area contributed by atoms with Crippen LogP contribution in [-0.2, 0) is 38.7 Å². The van der Waals surface area contributed by atoms with Gasteiger partial charge in [-0.05, 0) is 6.42 Å². The maximum atomic E-state index is 11.6. The molecule has 114 valence electrons. The minimum Gasteiger partial charge on any atom is -0.457 e. The van der Waals surface area contributed by atoms with Crippen molar-refractivity contribution >= 4 is 26.2 Å². The van der Waals surface area contributed by atoms with Crippen LogP contribution in [0.5, 0.6) is 0 Å². The molecule has 0 saturated carbocycles. The Hall–Kier alpha value is -0.750. The number of fused-ring (bicyclic) bond motifs is 1. The quantitative estimate of drug-likeness (QED) is 0.369. The summed E-state index contributed by atoms with van der Waals surface area (Å²) in [5.74, 6) is -1.60. The van der Waals surface area contributed by atoms with Gasteiger partial charge < -0.3 is 9.47 Å². The van der Waals surface area contributed by atoms with E-state index in [1.165, 1.54) is 0 Å². The van der Waals surface area contributed by atoms with E-state index in [0.29, 0.717) is 0 Å². The summed E-state index contributed by atoms with van der Waals surface area (Å²) in [4.78, 5) is 11.5. The van der Waals surface area contributed by atoms with Crippen LogP contribution in [0.15, 0.2) is 0 Å². The molecule has 0 amide bonds. The lowest BCUT2D eigenvalue weighted by molar-refractivity contribution is -0.154. The van der Waals surface area contributed by atoms with Crippen LogP contribution in [-0.4, -0.2) is 62.8 Å². The van der Waals surface area contributed by atoms with Crippen LogP contribution >= 0.6 is 0 Å². The molecule has 3 saturated heterocycles. The minimum absolute atomic E-state index is 0.194. The molecule has 3 aliphatic heterocycles. The molecule has 20 heavy (non-hydrogen) atoms. The summed E-state index contributed by atoms with van der Waals surface area (Å²) in [6.07, 6.45) is -3.23. The Bertz CT molecular complexity index is 636. The Balaban J connectivity index is 1.65. The van der Waals surface area contributed by atoms with E-state index in [2.05, 4.69) is 0 Å². The van der Waals surface area contributed by atoms with Gasteiger partial charge in [0.15, 0.2) is 6.10 Å². The molecule has 0 radical (unpaired) electrons. The van der Waals surface area contributed by atoms with Gasteiger partial charge >= 0.3 is 5.97 Å². The van der Waals surface area contributed by atoms with Crippen LogP contribution in [0.3, 0.4) is 0 Å². The van der Waals surface area contributed by atoms with E-state index in [4.69, 9.17) is 18.2 Å². The van der Waals surface area contributed by atoms with Crippen LogP contribution in [0.4, 0.5) is 0 Å². The average molecular weight is 328 g/mol. The lowest BCUT2D eigenvalue weighted by atomic mass is 9.94. The topological polar surface area (TPSA) is 133 Å². The second-order valence-electron chi connectivity index (χ2n) is 4.96. The Morgan fingerprint density at radius 2 is 2.05 bits per heavy atom. The predicted molar refractivity (Wildman–Crippen MR) is 61.8 cm³/mol. The monoisotopic (exact) mass is 328 g/mol. The van der Waals surface area contributed by atoms with Gasteiger partial charge in [-0.15, -0.1) is 0 Å². The van der Waals surface area contributed by atoms with Crippen molar-refractivity contribution in [1.82, 2.24) is 0 Å². The molecule has 5 unspecified atom stereocenters. The lowest BCUT2D eigenvalue weighted by Crippen LogP contribution is -2.41. The van der Waals surface area contributed by atoms with E-state index >= 15 is 0 Å². The highest BCUT2D eigenvalue weighted by Gasteiger charge is 2.67. The highest BCUT2D eigenvalue weighted by molar-refractivity contribution is 7.87. The highest BCUT2D eigenvalue weighted by Crippen LogP contribution is 2.47. The van der Waals surface area contributed by atoms with Crippen molar-refractivity contribution in [2.45, 2.75) is 42.5 Å². The van der Waals surface area contributed by atoms with Crippen molar-refractivity contribution in [3.8, 4) is 0 Å². The third kappa shape index (κ3) is 2.33. The number of ether oxygens (including phenoxy) is 2. The summed E-state index contributed by atoms with van der Waals surface area (Å²) >= 11 is 0. The zero-order chi connectivity index (χ0) is 14.7. The molecule has 0 aromatic carbocycles. The molecule has 3 aliphatic rings. The smallest absolute Gasteiger partial charge is 0.307 e. The number of hydrogen-bond donors (Lipinski definition) is 1. The van der Waals surface area contributed by atoms with Gasteiger partial charge in [-0.3, -0.25) is 13.5 Å². The second kappa shape index (κ2) is 4.37. The van der Waals surface area contributed by atoms with Crippen molar-refractivity contribution in [3.63, 3.8) is 0 Å².